The Morgan fingerprint density at radius 1 is 1.19 bits per heavy atom. The molecule has 27 heavy (non-hydrogen) atoms. The van der Waals surface area contributed by atoms with Crippen LogP contribution in [0.3, 0.4) is 0 Å². The van der Waals surface area contributed by atoms with Crippen molar-refractivity contribution >= 4 is 0 Å². The molecule has 5 heteroatoms. The second-order valence-corrected chi connectivity index (χ2v) is 7.91. The Hall–Kier alpha value is -1.95. The first-order valence-corrected chi connectivity index (χ1v) is 9.58. The number of piperidine rings is 1. The van der Waals surface area contributed by atoms with Gasteiger partial charge in [0.05, 0.1) is 12.2 Å². The van der Waals surface area contributed by atoms with Crippen LogP contribution in [-0.4, -0.2) is 40.3 Å². The van der Waals surface area contributed by atoms with Crippen LogP contribution in [0.15, 0.2) is 42.5 Å². The number of aryl methyl sites for hydroxylation is 1. The van der Waals surface area contributed by atoms with E-state index < -0.39 is 12.2 Å². The molecule has 2 aromatic rings. The highest BCUT2D eigenvalue weighted by atomic mass is 19.1. The van der Waals surface area contributed by atoms with Gasteiger partial charge in [-0.1, -0.05) is 23.8 Å². The molecule has 0 amide bonds. The van der Waals surface area contributed by atoms with Crippen molar-refractivity contribution in [2.24, 2.45) is 0 Å². The van der Waals surface area contributed by atoms with Gasteiger partial charge < -0.3 is 19.8 Å². The summed E-state index contributed by atoms with van der Waals surface area (Å²) in [7, 11) is 0. The van der Waals surface area contributed by atoms with Gasteiger partial charge in [-0.15, -0.1) is 0 Å². The number of likely N-dealkylation sites (tertiary alicyclic amines) is 1. The van der Waals surface area contributed by atoms with E-state index >= 15 is 0 Å². The summed E-state index contributed by atoms with van der Waals surface area (Å²) in [6, 6.07) is 12.0. The molecule has 2 aromatic carbocycles. The summed E-state index contributed by atoms with van der Waals surface area (Å²) in [5, 5.41) is 21.0. The van der Waals surface area contributed by atoms with Crippen LogP contribution in [0.5, 0.6) is 5.75 Å². The van der Waals surface area contributed by atoms with Crippen molar-refractivity contribution in [3.05, 3.63) is 65.0 Å². The Kier molecular flexibility index (Phi) is 4.93. The summed E-state index contributed by atoms with van der Waals surface area (Å²) in [6.45, 7) is 4.13. The highest BCUT2D eigenvalue weighted by Gasteiger charge is 2.43. The summed E-state index contributed by atoms with van der Waals surface area (Å²) in [6.07, 6.45) is 1.10. The van der Waals surface area contributed by atoms with Gasteiger partial charge in [-0.2, -0.15) is 0 Å². The Morgan fingerprint density at radius 2 is 1.89 bits per heavy atom. The lowest BCUT2D eigenvalue weighted by atomic mass is 9.81. The number of aliphatic hydroxyl groups excluding tert-OH is 2. The van der Waals surface area contributed by atoms with Crippen molar-refractivity contribution in [1.82, 2.24) is 4.90 Å². The summed E-state index contributed by atoms with van der Waals surface area (Å²) in [4.78, 5) is 2.21. The largest absolute Gasteiger partial charge is 0.487 e. The SMILES string of the molecule is Cc1ccc2c(c1)[C@@H](O)CC1(CCN(C[C@@H](O)c3ccc(F)cc3)CC1)O2. The highest BCUT2D eigenvalue weighted by Crippen LogP contribution is 2.44. The second-order valence-electron chi connectivity index (χ2n) is 7.91. The number of nitrogens with zero attached hydrogens (tertiary/aromatic N) is 1. The molecule has 2 aliphatic rings. The quantitative estimate of drug-likeness (QED) is 0.867. The van der Waals surface area contributed by atoms with Crippen LogP contribution in [-0.2, 0) is 0 Å². The third kappa shape index (κ3) is 3.86. The lowest BCUT2D eigenvalue weighted by Gasteiger charge is -2.46. The minimum absolute atomic E-state index is 0.297. The van der Waals surface area contributed by atoms with Crippen LogP contribution in [0.4, 0.5) is 4.39 Å². The van der Waals surface area contributed by atoms with E-state index in [-0.39, 0.29) is 11.4 Å². The van der Waals surface area contributed by atoms with Gasteiger partial charge in [-0.05, 0) is 49.6 Å². The number of β-amino-alcohol motifs (C(OH)–C–C–N with tert-alkyl or cyclic N) is 1. The van der Waals surface area contributed by atoms with Gasteiger partial charge in [0, 0.05) is 31.6 Å². The molecule has 0 radical (unpaired) electrons. The van der Waals surface area contributed by atoms with Crippen molar-refractivity contribution in [1.29, 1.82) is 0 Å². The number of halogens is 1. The molecule has 0 bridgehead atoms. The summed E-state index contributed by atoms with van der Waals surface area (Å²) in [5.41, 5.74) is 2.40. The van der Waals surface area contributed by atoms with Gasteiger partial charge in [0.25, 0.3) is 0 Å². The second kappa shape index (κ2) is 7.23. The third-order valence-electron chi connectivity index (χ3n) is 5.87. The number of benzene rings is 2. The normalized spacial score (nSPS) is 22.9. The Labute approximate surface area is 159 Å². The maximum Gasteiger partial charge on any atom is 0.125 e. The van der Waals surface area contributed by atoms with Gasteiger partial charge in [0.1, 0.15) is 17.2 Å². The average molecular weight is 371 g/mol. The maximum atomic E-state index is 13.0. The van der Waals surface area contributed by atoms with E-state index in [1.165, 1.54) is 12.1 Å². The number of ether oxygens (including phenoxy) is 1. The molecule has 1 spiro atoms. The highest BCUT2D eigenvalue weighted by molar-refractivity contribution is 5.41. The zero-order valence-corrected chi connectivity index (χ0v) is 15.6. The molecule has 0 aliphatic carbocycles. The van der Waals surface area contributed by atoms with Gasteiger partial charge >= 0.3 is 0 Å². The number of rotatable bonds is 3. The van der Waals surface area contributed by atoms with Gasteiger partial charge in [0.15, 0.2) is 0 Å². The molecule has 0 unspecified atom stereocenters. The van der Waals surface area contributed by atoms with E-state index in [1.807, 2.05) is 25.1 Å². The Balaban J connectivity index is 1.39. The molecular formula is C22H26FNO3. The van der Waals surface area contributed by atoms with Crippen LogP contribution in [0.1, 0.15) is 48.2 Å². The molecule has 2 N–H and O–H groups in total. The van der Waals surface area contributed by atoms with Crippen molar-refractivity contribution in [3.8, 4) is 5.75 Å². The predicted molar refractivity (Wildman–Crippen MR) is 101 cm³/mol. The molecule has 2 atom stereocenters. The summed E-state index contributed by atoms with van der Waals surface area (Å²) in [5.74, 6) is 0.494. The first-order valence-electron chi connectivity index (χ1n) is 9.58. The minimum Gasteiger partial charge on any atom is -0.487 e. The summed E-state index contributed by atoms with van der Waals surface area (Å²) >= 11 is 0. The van der Waals surface area contributed by atoms with E-state index in [2.05, 4.69) is 4.90 Å². The zero-order valence-electron chi connectivity index (χ0n) is 15.6. The third-order valence-corrected chi connectivity index (χ3v) is 5.87. The Morgan fingerprint density at radius 3 is 2.59 bits per heavy atom. The van der Waals surface area contributed by atoms with Crippen LogP contribution >= 0.6 is 0 Å². The topological polar surface area (TPSA) is 52.9 Å². The van der Waals surface area contributed by atoms with Crippen LogP contribution in [0.25, 0.3) is 0 Å². The fourth-order valence-electron chi connectivity index (χ4n) is 4.24. The Bertz CT molecular complexity index is 800. The van der Waals surface area contributed by atoms with Crippen LogP contribution in [0, 0.1) is 12.7 Å². The van der Waals surface area contributed by atoms with Crippen molar-refractivity contribution in [2.75, 3.05) is 19.6 Å². The molecule has 2 aliphatic heterocycles. The minimum atomic E-state index is -0.638. The first-order chi connectivity index (χ1) is 12.9. The van der Waals surface area contributed by atoms with Crippen molar-refractivity contribution in [2.45, 2.75) is 44.0 Å². The summed E-state index contributed by atoms with van der Waals surface area (Å²) < 4.78 is 19.4. The van der Waals surface area contributed by atoms with Crippen LogP contribution in [0.2, 0.25) is 0 Å². The van der Waals surface area contributed by atoms with Crippen molar-refractivity contribution in [3.63, 3.8) is 0 Å². The van der Waals surface area contributed by atoms with Crippen LogP contribution < -0.4 is 4.74 Å². The number of aliphatic hydroxyl groups is 2. The predicted octanol–water partition coefficient (Wildman–Crippen LogP) is 3.52. The number of hydrogen-bond donors (Lipinski definition) is 2. The lowest BCUT2D eigenvalue weighted by molar-refractivity contribution is -0.0588. The zero-order chi connectivity index (χ0) is 19.0. The van der Waals surface area contributed by atoms with Crippen molar-refractivity contribution < 1.29 is 19.3 Å². The molecular weight excluding hydrogens is 345 g/mol. The molecule has 4 nitrogen and oxygen atoms in total. The molecule has 1 saturated heterocycles. The first kappa shape index (κ1) is 18.4. The monoisotopic (exact) mass is 371 g/mol. The lowest BCUT2D eigenvalue weighted by Crippen LogP contribution is -2.51. The smallest absolute Gasteiger partial charge is 0.125 e. The van der Waals surface area contributed by atoms with Gasteiger partial charge in [0.2, 0.25) is 0 Å². The fourth-order valence-corrected chi connectivity index (χ4v) is 4.24. The van der Waals surface area contributed by atoms with Gasteiger partial charge in [-0.3, -0.25) is 0 Å². The molecule has 2 heterocycles. The standard InChI is InChI=1S/C22H26FNO3/c1-15-2-7-21-18(12-15)19(25)13-22(27-21)8-10-24(11-9-22)14-20(26)16-3-5-17(23)6-4-16/h2-7,12,19-20,25-26H,8-11,13-14H2,1H3/t19-,20+/m0/s1. The van der Waals surface area contributed by atoms with E-state index in [1.54, 1.807) is 12.1 Å². The maximum absolute atomic E-state index is 13.0. The van der Waals surface area contributed by atoms with E-state index in [0.717, 1.165) is 48.4 Å². The molecule has 0 aromatic heterocycles. The van der Waals surface area contributed by atoms with E-state index in [9.17, 15) is 14.6 Å². The van der Waals surface area contributed by atoms with E-state index in [0.29, 0.717) is 13.0 Å². The molecule has 0 saturated carbocycles. The fraction of sp³-hybridized carbons (Fsp3) is 0.455. The number of fused-ring (bicyclic) bond motifs is 1. The molecule has 1 fully saturated rings. The van der Waals surface area contributed by atoms with E-state index in [4.69, 9.17) is 4.74 Å². The number of hydrogen-bond acceptors (Lipinski definition) is 4. The molecule has 144 valence electrons. The van der Waals surface area contributed by atoms with Gasteiger partial charge in [-0.25, -0.2) is 4.39 Å². The molecule has 4 rings (SSSR count). The average Bonchev–Trinajstić information content (AvgIpc) is 2.65.